The van der Waals surface area contributed by atoms with Crippen molar-refractivity contribution in [3.05, 3.63) is 102 Å². The zero-order valence-electron chi connectivity index (χ0n) is 18.7. The number of benzene rings is 3. The molecule has 0 saturated carbocycles. The van der Waals surface area contributed by atoms with Crippen LogP contribution in [-0.2, 0) is 13.1 Å². The molecule has 6 nitrogen and oxygen atoms in total. The maximum Gasteiger partial charge on any atom is 0.268 e. The molecule has 35 heavy (non-hydrogen) atoms. The van der Waals surface area contributed by atoms with Crippen LogP contribution < -0.4 is 19.5 Å². The van der Waals surface area contributed by atoms with Gasteiger partial charge in [0.2, 0.25) is 6.79 Å². The molecule has 5 rings (SSSR count). The van der Waals surface area contributed by atoms with Crippen molar-refractivity contribution in [2.45, 2.75) is 13.1 Å². The number of hydrogen-bond donors (Lipinski definition) is 1. The fourth-order valence-corrected chi connectivity index (χ4v) is 4.05. The van der Waals surface area contributed by atoms with Crippen LogP contribution in [0.4, 0.5) is 8.78 Å². The lowest BCUT2D eigenvalue weighted by Gasteiger charge is -2.13. The summed E-state index contributed by atoms with van der Waals surface area (Å²) < 4.78 is 46.5. The van der Waals surface area contributed by atoms with Crippen LogP contribution in [0.25, 0.3) is 10.9 Å². The zero-order chi connectivity index (χ0) is 24.4. The van der Waals surface area contributed by atoms with E-state index in [9.17, 15) is 13.6 Å². The first-order valence-electron chi connectivity index (χ1n) is 11.0. The molecule has 8 heteroatoms. The summed E-state index contributed by atoms with van der Waals surface area (Å²) in [5.74, 6) is 0.359. The molecule has 0 spiro atoms. The smallest absolute Gasteiger partial charge is 0.268 e. The molecule has 0 saturated heterocycles. The van der Waals surface area contributed by atoms with Gasteiger partial charge in [0.25, 0.3) is 5.91 Å². The number of fused-ring (bicyclic) bond motifs is 2. The highest BCUT2D eigenvalue weighted by Gasteiger charge is 2.20. The molecule has 1 aliphatic rings. The Bertz CT molecular complexity index is 1430. The van der Waals surface area contributed by atoms with E-state index in [-0.39, 0.29) is 38.0 Å². The molecule has 1 N–H and O–H groups in total. The van der Waals surface area contributed by atoms with Gasteiger partial charge in [-0.15, -0.1) is 0 Å². The molecule has 3 aromatic carbocycles. The minimum atomic E-state index is -0.556. The third kappa shape index (κ3) is 4.55. The summed E-state index contributed by atoms with van der Waals surface area (Å²) in [4.78, 5) is 13.3. The molecular formula is C27H22F2N2O4. The molecule has 0 radical (unpaired) electrons. The Hall–Kier alpha value is -4.33. The van der Waals surface area contributed by atoms with Gasteiger partial charge in [0.05, 0.1) is 12.1 Å². The minimum absolute atomic E-state index is 0.0369. The number of nitrogens with one attached hydrogen (secondary N) is 1. The molecular weight excluding hydrogens is 454 g/mol. The molecule has 0 fully saturated rings. The van der Waals surface area contributed by atoms with Gasteiger partial charge in [-0.25, -0.2) is 8.78 Å². The molecule has 0 atom stereocenters. The normalized spacial score (nSPS) is 12.1. The first-order valence-corrected chi connectivity index (χ1v) is 11.0. The third-order valence-corrected chi connectivity index (χ3v) is 5.72. The Morgan fingerprint density at radius 3 is 2.80 bits per heavy atom. The van der Waals surface area contributed by atoms with Crippen LogP contribution in [0.3, 0.4) is 0 Å². The van der Waals surface area contributed by atoms with Crippen molar-refractivity contribution in [2.24, 2.45) is 0 Å². The van der Waals surface area contributed by atoms with E-state index in [4.69, 9.17) is 14.2 Å². The third-order valence-electron chi connectivity index (χ3n) is 5.72. The number of rotatable bonds is 8. The summed E-state index contributed by atoms with van der Waals surface area (Å²) in [6, 6.07) is 15.8. The van der Waals surface area contributed by atoms with Crippen LogP contribution in [-0.4, -0.2) is 23.9 Å². The lowest BCUT2D eigenvalue weighted by molar-refractivity contribution is 0.0942. The summed E-state index contributed by atoms with van der Waals surface area (Å²) in [7, 11) is 0. The van der Waals surface area contributed by atoms with Gasteiger partial charge in [-0.2, -0.15) is 0 Å². The average molecular weight is 476 g/mol. The van der Waals surface area contributed by atoms with E-state index >= 15 is 0 Å². The highest BCUT2D eigenvalue weighted by atomic mass is 19.1. The maximum absolute atomic E-state index is 14.5. The van der Waals surface area contributed by atoms with Gasteiger partial charge in [-0.05, 0) is 54.1 Å². The highest BCUT2D eigenvalue weighted by Crippen LogP contribution is 2.33. The number of carbonyl (C=O) groups is 1. The van der Waals surface area contributed by atoms with E-state index in [1.165, 1.54) is 0 Å². The lowest BCUT2D eigenvalue weighted by Crippen LogP contribution is -2.25. The monoisotopic (exact) mass is 476 g/mol. The summed E-state index contributed by atoms with van der Waals surface area (Å²) in [5, 5.41) is 3.58. The van der Waals surface area contributed by atoms with Gasteiger partial charge < -0.3 is 24.1 Å². The van der Waals surface area contributed by atoms with Gasteiger partial charge in [-0.1, -0.05) is 24.8 Å². The lowest BCUT2D eigenvalue weighted by atomic mass is 10.2. The predicted octanol–water partition coefficient (Wildman–Crippen LogP) is 5.19. The molecule has 1 aliphatic heterocycles. The molecule has 4 aromatic rings. The number of aromatic nitrogens is 1. The molecule has 0 unspecified atom stereocenters. The molecule has 0 bridgehead atoms. The van der Waals surface area contributed by atoms with Gasteiger partial charge >= 0.3 is 0 Å². The average Bonchev–Trinajstić information content (AvgIpc) is 3.48. The SMILES string of the molecule is C=CCOc1cccc2c1cc(C(=O)NCc1ccc3c(c1)OCO3)n2Cc1cc(F)ccc1F. The second-order valence-corrected chi connectivity index (χ2v) is 8.01. The van der Waals surface area contributed by atoms with E-state index in [1.807, 2.05) is 18.2 Å². The largest absolute Gasteiger partial charge is 0.489 e. The Balaban J connectivity index is 1.49. The van der Waals surface area contributed by atoms with E-state index in [2.05, 4.69) is 11.9 Å². The van der Waals surface area contributed by atoms with E-state index < -0.39 is 11.6 Å². The van der Waals surface area contributed by atoms with Gasteiger partial charge in [-0.3, -0.25) is 4.79 Å². The van der Waals surface area contributed by atoms with E-state index in [0.717, 1.165) is 23.8 Å². The second-order valence-electron chi connectivity index (χ2n) is 8.01. The van der Waals surface area contributed by atoms with Crippen molar-refractivity contribution in [3.8, 4) is 17.2 Å². The van der Waals surface area contributed by atoms with Gasteiger partial charge in [0.1, 0.15) is 29.7 Å². The second kappa shape index (κ2) is 9.50. The number of hydrogen-bond acceptors (Lipinski definition) is 4. The molecule has 178 valence electrons. The van der Waals surface area contributed by atoms with Crippen LogP contribution in [0.5, 0.6) is 17.2 Å². The summed E-state index contributed by atoms with van der Waals surface area (Å²) in [6.07, 6.45) is 1.62. The minimum Gasteiger partial charge on any atom is -0.489 e. The molecule has 1 aromatic heterocycles. The van der Waals surface area contributed by atoms with Crippen molar-refractivity contribution in [3.63, 3.8) is 0 Å². The molecule has 1 amide bonds. The number of nitrogens with zero attached hydrogens (tertiary/aromatic N) is 1. The fourth-order valence-electron chi connectivity index (χ4n) is 4.05. The number of halogens is 2. The van der Waals surface area contributed by atoms with Gasteiger partial charge in [0.15, 0.2) is 11.5 Å². The van der Waals surface area contributed by atoms with Crippen LogP contribution in [0.1, 0.15) is 21.6 Å². The van der Waals surface area contributed by atoms with Crippen LogP contribution in [0, 0.1) is 11.6 Å². The van der Waals surface area contributed by atoms with Crippen molar-refractivity contribution in [1.29, 1.82) is 0 Å². The van der Waals surface area contributed by atoms with Crippen molar-refractivity contribution in [1.82, 2.24) is 9.88 Å². The van der Waals surface area contributed by atoms with Crippen LogP contribution in [0.15, 0.2) is 73.3 Å². The van der Waals surface area contributed by atoms with Crippen molar-refractivity contribution < 1.29 is 27.8 Å². The number of amides is 1. The van der Waals surface area contributed by atoms with Crippen molar-refractivity contribution in [2.75, 3.05) is 13.4 Å². The first-order chi connectivity index (χ1) is 17.0. The summed E-state index contributed by atoms with van der Waals surface area (Å²) in [5.41, 5.74) is 1.91. The standard InChI is InChI=1S/C27H22F2N2O4/c1-2-10-33-24-5-3-4-22-20(24)13-23(31(22)15-18-12-19(28)7-8-21(18)29)27(32)30-14-17-6-9-25-26(11-17)35-16-34-25/h2-9,11-13H,1,10,14-16H2,(H,30,32). The Morgan fingerprint density at radius 2 is 1.94 bits per heavy atom. The topological polar surface area (TPSA) is 61.7 Å². The Kier molecular flexibility index (Phi) is 6.10. The van der Waals surface area contributed by atoms with Gasteiger partial charge in [0, 0.05) is 17.5 Å². The Morgan fingerprint density at radius 1 is 1.09 bits per heavy atom. The number of ether oxygens (including phenoxy) is 3. The summed E-state index contributed by atoms with van der Waals surface area (Å²) >= 11 is 0. The highest BCUT2D eigenvalue weighted by molar-refractivity contribution is 6.00. The molecule has 2 heterocycles. The van der Waals surface area contributed by atoms with E-state index in [1.54, 1.807) is 34.9 Å². The summed E-state index contributed by atoms with van der Waals surface area (Å²) in [6.45, 7) is 4.32. The van der Waals surface area contributed by atoms with Crippen LogP contribution in [0.2, 0.25) is 0 Å². The predicted molar refractivity (Wildman–Crippen MR) is 127 cm³/mol. The molecule has 0 aliphatic carbocycles. The zero-order valence-corrected chi connectivity index (χ0v) is 18.7. The fraction of sp³-hybridized carbons (Fsp3) is 0.148. The van der Waals surface area contributed by atoms with Crippen molar-refractivity contribution >= 4 is 16.8 Å². The Labute approximate surface area is 200 Å². The quantitative estimate of drug-likeness (QED) is 0.356. The first kappa shape index (κ1) is 22.5. The van der Waals surface area contributed by atoms with E-state index in [0.29, 0.717) is 33.8 Å². The number of carbonyl (C=O) groups excluding carboxylic acids is 1. The van der Waals surface area contributed by atoms with Crippen LogP contribution >= 0.6 is 0 Å². The maximum atomic E-state index is 14.5.